The largest absolute Gasteiger partial charge is 0.345 e. The van der Waals surface area contributed by atoms with Crippen LogP contribution < -0.4 is 0 Å². The number of aromatic nitrogens is 5. The summed E-state index contributed by atoms with van der Waals surface area (Å²) in [5.74, 6) is 1.83. The van der Waals surface area contributed by atoms with Gasteiger partial charge < -0.3 is 4.98 Å². The number of aromatic amines is 1. The number of imidazole rings is 2. The Hall–Kier alpha value is -2.47. The quantitative estimate of drug-likeness (QED) is 0.627. The highest BCUT2D eigenvalue weighted by molar-refractivity contribution is 7.16. The van der Waals surface area contributed by atoms with Gasteiger partial charge in [-0.25, -0.2) is 15.0 Å². The van der Waals surface area contributed by atoms with Gasteiger partial charge in [0.05, 0.1) is 15.7 Å². The minimum absolute atomic E-state index is 0.850. The second kappa shape index (κ2) is 5.06. The summed E-state index contributed by atoms with van der Waals surface area (Å²) in [5.41, 5.74) is 5.87. The zero-order valence-corrected chi connectivity index (χ0v) is 13.2. The Balaban J connectivity index is 1.86. The molecule has 3 heterocycles. The van der Waals surface area contributed by atoms with Gasteiger partial charge in [-0.3, -0.25) is 4.57 Å². The van der Waals surface area contributed by atoms with E-state index in [1.807, 2.05) is 18.6 Å². The van der Waals surface area contributed by atoms with Gasteiger partial charge in [-0.2, -0.15) is 0 Å². The van der Waals surface area contributed by atoms with Crippen LogP contribution in [-0.2, 0) is 6.42 Å². The zero-order chi connectivity index (χ0) is 15.1. The van der Waals surface area contributed by atoms with Gasteiger partial charge in [0.1, 0.15) is 11.5 Å². The number of hydrogen-bond donors (Lipinski definition) is 1. The van der Waals surface area contributed by atoms with Crippen molar-refractivity contribution < 1.29 is 0 Å². The monoisotopic (exact) mass is 309 g/mol. The summed E-state index contributed by atoms with van der Waals surface area (Å²) in [6.45, 7) is 4.12. The molecule has 5 nitrogen and oxygen atoms in total. The van der Waals surface area contributed by atoms with E-state index in [1.54, 1.807) is 17.5 Å². The highest BCUT2D eigenvalue weighted by Gasteiger charge is 2.15. The fourth-order valence-electron chi connectivity index (χ4n) is 2.59. The van der Waals surface area contributed by atoms with Crippen LogP contribution in [0.4, 0.5) is 0 Å². The summed E-state index contributed by atoms with van der Waals surface area (Å²) < 4.78 is 3.25. The van der Waals surface area contributed by atoms with Crippen molar-refractivity contribution in [3.05, 3.63) is 47.6 Å². The number of H-pyrrole nitrogens is 1. The zero-order valence-electron chi connectivity index (χ0n) is 12.4. The van der Waals surface area contributed by atoms with Gasteiger partial charge in [0, 0.05) is 30.2 Å². The molecule has 4 aromatic rings. The lowest BCUT2D eigenvalue weighted by atomic mass is 10.2. The molecule has 0 aliphatic carbocycles. The van der Waals surface area contributed by atoms with Crippen LogP contribution in [0.25, 0.3) is 27.4 Å². The van der Waals surface area contributed by atoms with E-state index in [0.29, 0.717) is 0 Å². The van der Waals surface area contributed by atoms with Crippen molar-refractivity contribution in [3.8, 4) is 17.2 Å². The Morgan fingerprint density at radius 3 is 3.00 bits per heavy atom. The first kappa shape index (κ1) is 13.2. The third-order valence-corrected chi connectivity index (χ3v) is 4.52. The van der Waals surface area contributed by atoms with E-state index in [2.05, 4.69) is 49.6 Å². The number of fused-ring (bicyclic) bond motifs is 1. The molecule has 0 radical (unpaired) electrons. The van der Waals surface area contributed by atoms with Crippen LogP contribution in [0.2, 0.25) is 0 Å². The van der Waals surface area contributed by atoms with Crippen LogP contribution in [0.3, 0.4) is 0 Å². The molecule has 3 aromatic heterocycles. The van der Waals surface area contributed by atoms with Crippen LogP contribution >= 0.6 is 11.3 Å². The normalized spacial score (nSPS) is 11.4. The SMILES string of the molecule is CCc1nc(-c2nccn2-c2ccc3scnc3c2)c(C)[nH]1. The number of aryl methyl sites for hydroxylation is 2. The third-order valence-electron chi connectivity index (χ3n) is 3.71. The van der Waals surface area contributed by atoms with Crippen molar-refractivity contribution in [1.82, 2.24) is 24.5 Å². The number of rotatable bonds is 3. The summed E-state index contributed by atoms with van der Waals surface area (Å²) in [6, 6.07) is 6.27. The number of nitrogens with zero attached hydrogens (tertiary/aromatic N) is 4. The Morgan fingerprint density at radius 1 is 1.27 bits per heavy atom. The van der Waals surface area contributed by atoms with Crippen LogP contribution in [-0.4, -0.2) is 24.5 Å². The number of hydrogen-bond acceptors (Lipinski definition) is 4. The van der Waals surface area contributed by atoms with Crippen molar-refractivity contribution >= 4 is 21.6 Å². The average Bonchev–Trinajstić information content (AvgIpc) is 3.24. The molecule has 0 amide bonds. The van der Waals surface area contributed by atoms with Crippen LogP contribution in [0.15, 0.2) is 36.1 Å². The molecule has 22 heavy (non-hydrogen) atoms. The standard InChI is InChI=1S/C16H15N5S/c1-3-14-19-10(2)15(20-14)16-17-6-7-21(16)11-4-5-13-12(8-11)18-9-22-13/h4-9H,3H2,1-2H3,(H,19,20). The molecular weight excluding hydrogens is 294 g/mol. The third kappa shape index (κ3) is 2.03. The molecule has 0 aliphatic rings. The highest BCUT2D eigenvalue weighted by Crippen LogP contribution is 2.26. The summed E-state index contributed by atoms with van der Waals surface area (Å²) in [6.07, 6.45) is 4.65. The molecule has 1 N–H and O–H groups in total. The van der Waals surface area contributed by atoms with Crippen molar-refractivity contribution in [2.45, 2.75) is 20.3 Å². The Morgan fingerprint density at radius 2 is 2.18 bits per heavy atom. The molecule has 0 atom stereocenters. The highest BCUT2D eigenvalue weighted by atomic mass is 32.1. The molecule has 110 valence electrons. The van der Waals surface area contributed by atoms with Crippen LogP contribution in [0.5, 0.6) is 0 Å². The fourth-order valence-corrected chi connectivity index (χ4v) is 3.25. The van der Waals surface area contributed by atoms with E-state index in [4.69, 9.17) is 0 Å². The average molecular weight is 309 g/mol. The molecule has 1 aromatic carbocycles. The second-order valence-electron chi connectivity index (χ2n) is 5.14. The number of thiazole rings is 1. The van der Waals surface area contributed by atoms with Gasteiger partial charge in [-0.05, 0) is 25.1 Å². The molecule has 0 spiro atoms. The minimum atomic E-state index is 0.850. The fraction of sp³-hybridized carbons (Fsp3) is 0.188. The molecule has 0 aliphatic heterocycles. The van der Waals surface area contributed by atoms with Crippen molar-refractivity contribution in [2.75, 3.05) is 0 Å². The second-order valence-corrected chi connectivity index (χ2v) is 6.02. The predicted octanol–water partition coefficient (Wildman–Crippen LogP) is 3.74. The smallest absolute Gasteiger partial charge is 0.165 e. The summed E-state index contributed by atoms with van der Waals surface area (Å²) >= 11 is 1.65. The first-order valence-electron chi connectivity index (χ1n) is 7.19. The van der Waals surface area contributed by atoms with E-state index in [1.165, 1.54) is 4.70 Å². The van der Waals surface area contributed by atoms with E-state index < -0.39 is 0 Å². The molecule has 0 bridgehead atoms. The molecule has 0 saturated heterocycles. The van der Waals surface area contributed by atoms with E-state index in [9.17, 15) is 0 Å². The first-order valence-corrected chi connectivity index (χ1v) is 8.07. The van der Waals surface area contributed by atoms with Gasteiger partial charge in [0.2, 0.25) is 0 Å². The summed E-state index contributed by atoms with van der Waals surface area (Å²) in [7, 11) is 0. The number of nitrogens with one attached hydrogen (secondary N) is 1. The predicted molar refractivity (Wildman–Crippen MR) is 88.4 cm³/mol. The Labute approximate surface area is 131 Å². The van der Waals surface area contributed by atoms with E-state index in [0.717, 1.165) is 40.7 Å². The van der Waals surface area contributed by atoms with Gasteiger partial charge >= 0.3 is 0 Å². The molecule has 6 heteroatoms. The Kier molecular flexibility index (Phi) is 3.04. The van der Waals surface area contributed by atoms with Gasteiger partial charge in [0.25, 0.3) is 0 Å². The minimum Gasteiger partial charge on any atom is -0.345 e. The lowest BCUT2D eigenvalue weighted by molar-refractivity contribution is 0.979. The Bertz CT molecular complexity index is 946. The maximum absolute atomic E-state index is 4.66. The molecule has 0 unspecified atom stereocenters. The maximum atomic E-state index is 4.66. The van der Waals surface area contributed by atoms with Crippen LogP contribution in [0, 0.1) is 6.92 Å². The first-order chi connectivity index (χ1) is 10.8. The molecular formula is C16H15N5S. The van der Waals surface area contributed by atoms with Crippen molar-refractivity contribution in [1.29, 1.82) is 0 Å². The summed E-state index contributed by atoms with van der Waals surface area (Å²) in [5, 5.41) is 0. The van der Waals surface area contributed by atoms with Gasteiger partial charge in [-0.15, -0.1) is 11.3 Å². The van der Waals surface area contributed by atoms with Crippen LogP contribution in [0.1, 0.15) is 18.4 Å². The van der Waals surface area contributed by atoms with Gasteiger partial charge in [0.15, 0.2) is 5.82 Å². The maximum Gasteiger partial charge on any atom is 0.165 e. The topological polar surface area (TPSA) is 59.4 Å². The van der Waals surface area contributed by atoms with Gasteiger partial charge in [-0.1, -0.05) is 6.92 Å². The van der Waals surface area contributed by atoms with E-state index in [-0.39, 0.29) is 0 Å². The molecule has 0 fully saturated rings. The molecule has 4 rings (SSSR count). The van der Waals surface area contributed by atoms with Crippen molar-refractivity contribution in [3.63, 3.8) is 0 Å². The van der Waals surface area contributed by atoms with E-state index >= 15 is 0 Å². The van der Waals surface area contributed by atoms with Crippen molar-refractivity contribution in [2.24, 2.45) is 0 Å². The molecule has 0 saturated carbocycles. The number of benzene rings is 1. The lowest BCUT2D eigenvalue weighted by Crippen LogP contribution is -1.97. The summed E-state index contributed by atoms with van der Waals surface area (Å²) in [4.78, 5) is 16.9. The lowest BCUT2D eigenvalue weighted by Gasteiger charge is -2.06.